The van der Waals surface area contributed by atoms with E-state index in [2.05, 4.69) is 24.2 Å². The highest BCUT2D eigenvalue weighted by Gasteiger charge is 1.87. The Labute approximate surface area is 80.5 Å². The van der Waals surface area contributed by atoms with Gasteiger partial charge >= 0.3 is 0 Å². The predicted molar refractivity (Wildman–Crippen MR) is 60.9 cm³/mol. The summed E-state index contributed by atoms with van der Waals surface area (Å²) in [6, 6.07) is 2.07. The molecule has 0 aliphatic rings. The van der Waals surface area contributed by atoms with Crippen LogP contribution in [0, 0.1) is 6.92 Å². The van der Waals surface area contributed by atoms with Gasteiger partial charge in [-0.1, -0.05) is 38.7 Å². The average Bonchev–Trinajstić information content (AvgIpc) is 2.33. The van der Waals surface area contributed by atoms with Crippen LogP contribution >= 0.6 is 0 Å². The van der Waals surface area contributed by atoms with Crippen molar-refractivity contribution < 1.29 is 0 Å². The molecule has 1 rings (SSSR count). The zero-order valence-electron chi connectivity index (χ0n) is 9.07. The molecule has 0 spiro atoms. The largest absolute Gasteiger partial charge is 0.359 e. The molecule has 0 radical (unpaired) electrons. The molecule has 1 heteroatoms. The van der Waals surface area contributed by atoms with Gasteiger partial charge in [-0.15, -0.1) is 0 Å². The Bertz CT molecular complexity index is 368. The summed E-state index contributed by atoms with van der Waals surface area (Å²) < 4.78 is 0. The molecule has 0 saturated carbocycles. The number of rotatable bonds is 1. The first-order chi connectivity index (χ1) is 6.09. The standard InChI is InChI=1S/C10H13N.C2H6/c1-7(2)5-10-6-8(3)11-9(10)4;1-2/h5-6,11H,1,4H2,2-3H3;1-2H3/b10-5-;. The lowest BCUT2D eigenvalue weighted by molar-refractivity contribution is 1.22. The third-order valence-electron chi connectivity index (χ3n) is 1.47. The molecule has 1 heterocycles. The summed E-state index contributed by atoms with van der Waals surface area (Å²) in [7, 11) is 0. The molecule has 0 atom stereocenters. The smallest absolute Gasteiger partial charge is 0.0383 e. The fourth-order valence-corrected chi connectivity index (χ4v) is 1.06. The second-order valence-electron chi connectivity index (χ2n) is 2.88. The fourth-order valence-electron chi connectivity index (χ4n) is 1.06. The second-order valence-corrected chi connectivity index (χ2v) is 2.88. The molecule has 1 aromatic rings. The minimum atomic E-state index is 0.963. The van der Waals surface area contributed by atoms with E-state index < -0.39 is 0 Å². The maximum atomic E-state index is 3.87. The van der Waals surface area contributed by atoms with Crippen molar-refractivity contribution in [3.63, 3.8) is 0 Å². The summed E-state index contributed by atoms with van der Waals surface area (Å²) in [5, 5.41) is 2.10. The van der Waals surface area contributed by atoms with Gasteiger partial charge in [-0.25, -0.2) is 0 Å². The first kappa shape index (κ1) is 11.8. The third kappa shape index (κ3) is 3.79. The molecule has 0 aliphatic carbocycles. The van der Waals surface area contributed by atoms with Crippen LogP contribution in [-0.4, -0.2) is 4.98 Å². The van der Waals surface area contributed by atoms with Crippen molar-refractivity contribution in [1.29, 1.82) is 0 Å². The van der Waals surface area contributed by atoms with Crippen LogP contribution in [0.3, 0.4) is 0 Å². The zero-order valence-corrected chi connectivity index (χ0v) is 9.07. The molecule has 0 aromatic carbocycles. The van der Waals surface area contributed by atoms with Crippen molar-refractivity contribution in [1.82, 2.24) is 4.98 Å². The summed E-state index contributed by atoms with van der Waals surface area (Å²) in [6.07, 6.45) is 2.02. The van der Waals surface area contributed by atoms with Crippen molar-refractivity contribution in [3.05, 3.63) is 34.5 Å². The van der Waals surface area contributed by atoms with Crippen molar-refractivity contribution in [2.24, 2.45) is 0 Å². The van der Waals surface area contributed by atoms with Gasteiger partial charge < -0.3 is 4.98 Å². The van der Waals surface area contributed by atoms with Gasteiger partial charge in [0.2, 0.25) is 0 Å². The molecule has 0 aliphatic heterocycles. The van der Waals surface area contributed by atoms with Crippen molar-refractivity contribution >= 4 is 12.7 Å². The first-order valence-electron chi connectivity index (χ1n) is 4.61. The summed E-state index contributed by atoms with van der Waals surface area (Å²) in [5.74, 6) is 0. The number of aryl methyl sites for hydroxylation is 1. The first-order valence-corrected chi connectivity index (χ1v) is 4.61. The fraction of sp³-hybridized carbons (Fsp3) is 0.333. The molecule has 1 N–H and O–H groups in total. The Kier molecular flexibility index (Phi) is 4.90. The molecule has 13 heavy (non-hydrogen) atoms. The van der Waals surface area contributed by atoms with Crippen LogP contribution in [-0.2, 0) is 0 Å². The van der Waals surface area contributed by atoms with Crippen molar-refractivity contribution in [2.45, 2.75) is 27.7 Å². The lowest BCUT2D eigenvalue weighted by atomic mass is 10.3. The number of aromatic amines is 1. The maximum Gasteiger partial charge on any atom is 0.0383 e. The number of hydrogen-bond acceptors (Lipinski definition) is 0. The Balaban J connectivity index is 0.000000671. The van der Waals surface area contributed by atoms with Crippen LogP contribution in [0.15, 0.2) is 18.2 Å². The van der Waals surface area contributed by atoms with Crippen LogP contribution in [0.2, 0.25) is 0 Å². The number of H-pyrrole nitrogens is 1. The number of nitrogens with one attached hydrogen (secondary N) is 1. The maximum absolute atomic E-state index is 3.87. The van der Waals surface area contributed by atoms with E-state index in [1.807, 2.05) is 33.8 Å². The zero-order chi connectivity index (χ0) is 10.4. The monoisotopic (exact) mass is 177 g/mol. The van der Waals surface area contributed by atoms with Gasteiger partial charge in [-0.3, -0.25) is 0 Å². The lowest BCUT2D eigenvalue weighted by Gasteiger charge is -1.80. The highest BCUT2D eigenvalue weighted by atomic mass is 14.7. The molecule has 0 saturated heterocycles. The average molecular weight is 177 g/mol. The van der Waals surface area contributed by atoms with E-state index in [-0.39, 0.29) is 0 Å². The van der Waals surface area contributed by atoms with Crippen molar-refractivity contribution in [3.8, 4) is 0 Å². The van der Waals surface area contributed by atoms with E-state index in [9.17, 15) is 0 Å². The summed E-state index contributed by atoms with van der Waals surface area (Å²) in [5.41, 5.74) is 2.19. The SMILES string of the molecule is C=C(C)/C=c1/cc(C)[nH]c1=C.CC. The molecule has 72 valence electrons. The summed E-state index contributed by atoms with van der Waals surface area (Å²) >= 11 is 0. The summed E-state index contributed by atoms with van der Waals surface area (Å²) in [6.45, 7) is 15.7. The number of aromatic nitrogens is 1. The molecule has 1 nitrogen and oxygen atoms in total. The molecule has 0 bridgehead atoms. The Morgan fingerprint density at radius 3 is 2.31 bits per heavy atom. The quantitative estimate of drug-likeness (QED) is 0.676. The minimum absolute atomic E-state index is 0.963. The molecule has 0 fully saturated rings. The van der Waals surface area contributed by atoms with Crippen LogP contribution in [0.25, 0.3) is 12.7 Å². The Morgan fingerprint density at radius 2 is 2.00 bits per heavy atom. The summed E-state index contributed by atoms with van der Waals surface area (Å²) in [4.78, 5) is 3.13. The number of hydrogen-bond donors (Lipinski definition) is 1. The van der Waals surface area contributed by atoms with Gasteiger partial charge in [0, 0.05) is 11.0 Å². The topological polar surface area (TPSA) is 15.8 Å². The molecular formula is C12H19N. The Morgan fingerprint density at radius 1 is 1.46 bits per heavy atom. The third-order valence-corrected chi connectivity index (χ3v) is 1.47. The second kappa shape index (κ2) is 5.41. The van der Waals surface area contributed by atoms with Gasteiger partial charge in [-0.2, -0.15) is 0 Å². The minimum Gasteiger partial charge on any atom is -0.359 e. The van der Waals surface area contributed by atoms with Crippen LogP contribution in [0.5, 0.6) is 0 Å². The van der Waals surface area contributed by atoms with E-state index in [0.717, 1.165) is 21.8 Å². The number of allylic oxidation sites excluding steroid dienone is 1. The highest BCUT2D eigenvalue weighted by Crippen LogP contribution is 1.86. The van der Waals surface area contributed by atoms with E-state index in [0.29, 0.717) is 0 Å². The van der Waals surface area contributed by atoms with Crippen molar-refractivity contribution in [2.75, 3.05) is 0 Å². The van der Waals surface area contributed by atoms with E-state index in [1.165, 1.54) is 0 Å². The molecule has 0 unspecified atom stereocenters. The van der Waals surface area contributed by atoms with E-state index in [4.69, 9.17) is 0 Å². The van der Waals surface area contributed by atoms with Crippen LogP contribution < -0.4 is 10.6 Å². The van der Waals surface area contributed by atoms with Crippen LogP contribution in [0.4, 0.5) is 0 Å². The van der Waals surface area contributed by atoms with E-state index >= 15 is 0 Å². The van der Waals surface area contributed by atoms with Gasteiger partial charge in [0.1, 0.15) is 0 Å². The molecule has 0 amide bonds. The van der Waals surface area contributed by atoms with Gasteiger partial charge in [-0.05, 0) is 25.1 Å². The van der Waals surface area contributed by atoms with Gasteiger partial charge in [0.25, 0.3) is 0 Å². The Hall–Kier alpha value is -1.24. The van der Waals surface area contributed by atoms with Gasteiger partial charge in [0.15, 0.2) is 0 Å². The van der Waals surface area contributed by atoms with Crippen LogP contribution in [0.1, 0.15) is 26.5 Å². The molecular weight excluding hydrogens is 158 g/mol. The van der Waals surface area contributed by atoms with E-state index in [1.54, 1.807) is 0 Å². The highest BCUT2D eigenvalue weighted by molar-refractivity contribution is 5.43. The van der Waals surface area contributed by atoms with Gasteiger partial charge in [0.05, 0.1) is 0 Å². The lowest BCUT2D eigenvalue weighted by Crippen LogP contribution is -2.19. The molecule has 1 aromatic heterocycles. The predicted octanol–water partition coefficient (Wildman–Crippen LogP) is 2.12. The normalized spacial score (nSPS) is 10.6.